The van der Waals surface area contributed by atoms with Crippen LogP contribution < -0.4 is 9.47 Å². The van der Waals surface area contributed by atoms with Gasteiger partial charge in [0.2, 0.25) is 0 Å². The predicted molar refractivity (Wildman–Crippen MR) is 116 cm³/mol. The zero-order valence-electron chi connectivity index (χ0n) is 17.2. The van der Waals surface area contributed by atoms with Gasteiger partial charge in [0.15, 0.2) is 5.06 Å². The standard InChI is InChI=1S/C24H25FO4S/c1-3-12-27-19-9-6-16(7-10-19)20-11-8-18(14-28-20)24(26)29-21-13-17-5-4-15(2)22(25)23(17)30-21/h4-7,9-10,13,18,20H,3,8,11-12,14H2,1-2H3. The van der Waals surface area contributed by atoms with Gasteiger partial charge < -0.3 is 14.2 Å². The van der Waals surface area contributed by atoms with Crippen molar-refractivity contribution in [2.75, 3.05) is 13.2 Å². The van der Waals surface area contributed by atoms with E-state index in [1.54, 1.807) is 19.1 Å². The fourth-order valence-corrected chi connectivity index (χ4v) is 4.58. The SMILES string of the molecule is CCCOc1ccc(C2CCC(C(=O)Oc3cc4ccc(C)c(F)c4s3)CO2)cc1. The first-order valence-corrected chi connectivity index (χ1v) is 11.1. The third kappa shape index (κ3) is 4.50. The van der Waals surface area contributed by atoms with Crippen molar-refractivity contribution in [1.29, 1.82) is 0 Å². The minimum atomic E-state index is -0.319. The van der Waals surface area contributed by atoms with Crippen LogP contribution >= 0.6 is 11.3 Å². The molecule has 2 atom stereocenters. The lowest BCUT2D eigenvalue weighted by molar-refractivity contribution is -0.145. The maximum atomic E-state index is 14.2. The molecule has 158 valence electrons. The van der Waals surface area contributed by atoms with Gasteiger partial charge in [0.05, 0.1) is 29.9 Å². The molecule has 0 amide bonds. The van der Waals surface area contributed by atoms with Crippen LogP contribution in [-0.4, -0.2) is 19.2 Å². The average molecular weight is 429 g/mol. The van der Waals surface area contributed by atoms with Gasteiger partial charge in [-0.2, -0.15) is 0 Å². The third-order valence-corrected chi connectivity index (χ3v) is 6.35. The molecule has 2 aromatic carbocycles. The van der Waals surface area contributed by atoms with E-state index in [0.717, 1.165) is 40.9 Å². The van der Waals surface area contributed by atoms with Gasteiger partial charge in [-0.3, -0.25) is 4.79 Å². The van der Waals surface area contributed by atoms with Crippen LogP contribution in [0.5, 0.6) is 10.8 Å². The number of halogens is 1. The maximum Gasteiger partial charge on any atom is 0.317 e. The molecule has 1 saturated heterocycles. The molecule has 2 unspecified atom stereocenters. The fourth-order valence-electron chi connectivity index (χ4n) is 3.58. The highest BCUT2D eigenvalue weighted by Gasteiger charge is 2.29. The molecule has 0 N–H and O–H groups in total. The Hall–Kier alpha value is -2.44. The van der Waals surface area contributed by atoms with Gasteiger partial charge in [-0.15, -0.1) is 0 Å². The molecule has 2 heterocycles. The molecule has 0 saturated carbocycles. The molecule has 0 bridgehead atoms. The van der Waals surface area contributed by atoms with Crippen LogP contribution in [0.3, 0.4) is 0 Å². The number of fused-ring (bicyclic) bond motifs is 1. The Morgan fingerprint density at radius 1 is 1.20 bits per heavy atom. The average Bonchev–Trinajstić information content (AvgIpc) is 3.18. The van der Waals surface area contributed by atoms with Gasteiger partial charge in [-0.25, -0.2) is 4.39 Å². The lowest BCUT2D eigenvalue weighted by Gasteiger charge is -2.28. The van der Waals surface area contributed by atoms with Crippen LogP contribution in [0.1, 0.15) is 43.4 Å². The van der Waals surface area contributed by atoms with Gasteiger partial charge in [0, 0.05) is 6.07 Å². The molecule has 1 aliphatic rings. The van der Waals surface area contributed by atoms with Crippen molar-refractivity contribution in [3.63, 3.8) is 0 Å². The van der Waals surface area contributed by atoms with E-state index in [1.807, 2.05) is 30.3 Å². The molecule has 4 rings (SSSR count). The number of carbonyl (C=O) groups is 1. The summed E-state index contributed by atoms with van der Waals surface area (Å²) in [6.07, 6.45) is 2.38. The van der Waals surface area contributed by atoms with Crippen molar-refractivity contribution in [3.8, 4) is 10.8 Å². The number of aryl methyl sites for hydroxylation is 1. The Bertz CT molecular complexity index is 1020. The summed E-state index contributed by atoms with van der Waals surface area (Å²) in [5.41, 5.74) is 1.67. The second-order valence-electron chi connectivity index (χ2n) is 7.62. The van der Waals surface area contributed by atoms with Crippen molar-refractivity contribution in [2.24, 2.45) is 5.92 Å². The van der Waals surface area contributed by atoms with E-state index in [4.69, 9.17) is 14.2 Å². The lowest BCUT2D eigenvalue weighted by atomic mass is 9.95. The second-order valence-corrected chi connectivity index (χ2v) is 8.63. The van der Waals surface area contributed by atoms with Gasteiger partial charge in [-0.1, -0.05) is 42.5 Å². The van der Waals surface area contributed by atoms with Gasteiger partial charge >= 0.3 is 5.97 Å². The van der Waals surface area contributed by atoms with Crippen molar-refractivity contribution in [2.45, 2.75) is 39.2 Å². The molecular weight excluding hydrogens is 403 g/mol. The van der Waals surface area contributed by atoms with Crippen LogP contribution in [0.4, 0.5) is 4.39 Å². The minimum Gasteiger partial charge on any atom is -0.494 e. The summed E-state index contributed by atoms with van der Waals surface area (Å²) in [5, 5.41) is 1.17. The summed E-state index contributed by atoms with van der Waals surface area (Å²) in [4.78, 5) is 12.6. The highest BCUT2D eigenvalue weighted by atomic mass is 32.1. The Labute approximate surface area is 179 Å². The molecule has 4 nitrogen and oxygen atoms in total. The van der Waals surface area contributed by atoms with E-state index in [2.05, 4.69) is 6.92 Å². The third-order valence-electron chi connectivity index (χ3n) is 5.33. The van der Waals surface area contributed by atoms with Crippen LogP contribution in [0.2, 0.25) is 0 Å². The first-order valence-electron chi connectivity index (χ1n) is 10.3. The van der Waals surface area contributed by atoms with E-state index < -0.39 is 0 Å². The molecule has 1 aromatic heterocycles. The van der Waals surface area contributed by atoms with E-state index in [0.29, 0.717) is 35.0 Å². The lowest BCUT2D eigenvalue weighted by Crippen LogP contribution is -2.30. The Morgan fingerprint density at radius 3 is 2.70 bits per heavy atom. The minimum absolute atomic E-state index is 0.0318. The molecule has 1 aliphatic heterocycles. The fraction of sp³-hybridized carbons (Fsp3) is 0.375. The number of thiophene rings is 1. The number of carbonyl (C=O) groups excluding carboxylic acids is 1. The van der Waals surface area contributed by atoms with E-state index >= 15 is 0 Å². The quantitative estimate of drug-likeness (QED) is 0.438. The van der Waals surface area contributed by atoms with Gasteiger partial charge in [0.25, 0.3) is 0 Å². The highest BCUT2D eigenvalue weighted by Crippen LogP contribution is 2.36. The topological polar surface area (TPSA) is 44.8 Å². The van der Waals surface area contributed by atoms with Gasteiger partial charge in [0.1, 0.15) is 11.6 Å². The van der Waals surface area contributed by atoms with Crippen LogP contribution in [-0.2, 0) is 9.53 Å². The zero-order chi connectivity index (χ0) is 21.1. The van der Waals surface area contributed by atoms with Crippen LogP contribution in [0.15, 0.2) is 42.5 Å². The summed E-state index contributed by atoms with van der Waals surface area (Å²) in [5.74, 6) is -0.0340. The number of hydrogen-bond acceptors (Lipinski definition) is 5. The number of hydrogen-bond donors (Lipinski definition) is 0. The molecule has 0 aliphatic carbocycles. The summed E-state index contributed by atoms with van der Waals surface area (Å²) in [7, 11) is 0. The Kier molecular flexibility index (Phi) is 6.35. The number of esters is 1. The molecule has 30 heavy (non-hydrogen) atoms. The summed E-state index contributed by atoms with van der Waals surface area (Å²) in [6.45, 7) is 4.82. The molecule has 0 radical (unpaired) electrons. The molecule has 0 spiro atoms. The van der Waals surface area contributed by atoms with E-state index in [-0.39, 0.29) is 23.8 Å². The molecule has 1 fully saturated rings. The van der Waals surface area contributed by atoms with Crippen molar-refractivity contribution >= 4 is 27.4 Å². The molecule has 3 aromatic rings. The normalized spacial score (nSPS) is 19.0. The summed E-state index contributed by atoms with van der Waals surface area (Å²) < 4.78 is 31.9. The van der Waals surface area contributed by atoms with Crippen LogP contribution in [0.25, 0.3) is 10.1 Å². The van der Waals surface area contributed by atoms with Gasteiger partial charge in [-0.05, 0) is 54.8 Å². The number of ether oxygens (including phenoxy) is 3. The van der Waals surface area contributed by atoms with Crippen molar-refractivity contribution < 1.29 is 23.4 Å². The zero-order valence-corrected chi connectivity index (χ0v) is 18.0. The molecule has 6 heteroatoms. The largest absolute Gasteiger partial charge is 0.494 e. The number of benzene rings is 2. The molecular formula is C24H25FO4S. The van der Waals surface area contributed by atoms with E-state index in [1.165, 1.54) is 0 Å². The smallest absolute Gasteiger partial charge is 0.317 e. The highest BCUT2D eigenvalue weighted by molar-refractivity contribution is 7.20. The summed E-state index contributed by atoms with van der Waals surface area (Å²) in [6, 6.07) is 13.2. The van der Waals surface area contributed by atoms with Crippen molar-refractivity contribution in [1.82, 2.24) is 0 Å². The number of rotatable bonds is 6. The second kappa shape index (κ2) is 9.14. The predicted octanol–water partition coefficient (Wildman–Crippen LogP) is 6.21. The van der Waals surface area contributed by atoms with Crippen molar-refractivity contribution in [3.05, 3.63) is 59.4 Å². The first-order chi connectivity index (χ1) is 14.5. The van der Waals surface area contributed by atoms with E-state index in [9.17, 15) is 9.18 Å². The first kappa shape index (κ1) is 20.8. The summed E-state index contributed by atoms with van der Waals surface area (Å²) >= 11 is 1.16. The maximum absolute atomic E-state index is 14.2. The Balaban J connectivity index is 1.34. The Morgan fingerprint density at radius 2 is 2.00 bits per heavy atom. The van der Waals surface area contributed by atoms with Crippen LogP contribution in [0, 0.1) is 18.7 Å². The monoisotopic (exact) mass is 428 g/mol.